The van der Waals surface area contributed by atoms with Gasteiger partial charge in [0.05, 0.1) is 11.6 Å². The van der Waals surface area contributed by atoms with Gasteiger partial charge in [-0.3, -0.25) is 4.79 Å². The number of phenolic OH excluding ortho intramolecular Hbond substituents is 1. The van der Waals surface area contributed by atoms with Gasteiger partial charge in [-0.25, -0.2) is 0 Å². The SMILES string of the molecule is O=c1ccc2c([C@@H](O)CNCCc3ccc(NCCCCN4CCCCC4)cc3)ccc(O)c2[nH]1. The number of aliphatic hydroxyl groups is 1. The van der Waals surface area contributed by atoms with E-state index in [1.807, 2.05) is 0 Å². The number of aliphatic hydroxyl groups excluding tert-OH is 1. The van der Waals surface area contributed by atoms with Crippen LogP contribution in [0.3, 0.4) is 0 Å². The molecule has 7 nitrogen and oxygen atoms in total. The maximum atomic E-state index is 11.6. The number of piperidine rings is 1. The highest BCUT2D eigenvalue weighted by molar-refractivity contribution is 5.87. The number of anilines is 1. The summed E-state index contributed by atoms with van der Waals surface area (Å²) in [5, 5.41) is 28.1. The van der Waals surface area contributed by atoms with Gasteiger partial charge in [-0.2, -0.15) is 0 Å². The number of fused-ring (bicyclic) bond motifs is 1. The molecule has 3 aromatic rings. The van der Waals surface area contributed by atoms with E-state index < -0.39 is 6.10 Å². The molecule has 1 aliphatic rings. The van der Waals surface area contributed by atoms with Gasteiger partial charge in [0.25, 0.3) is 0 Å². The van der Waals surface area contributed by atoms with Crippen molar-refractivity contribution >= 4 is 16.6 Å². The molecule has 0 amide bonds. The fourth-order valence-electron chi connectivity index (χ4n) is 4.80. The molecule has 35 heavy (non-hydrogen) atoms. The van der Waals surface area contributed by atoms with Gasteiger partial charge >= 0.3 is 0 Å². The normalized spacial score (nSPS) is 15.3. The number of likely N-dealkylation sites (tertiary alicyclic amines) is 1. The van der Waals surface area contributed by atoms with Crippen molar-refractivity contribution in [3.8, 4) is 5.75 Å². The van der Waals surface area contributed by atoms with E-state index in [4.69, 9.17) is 0 Å². The maximum absolute atomic E-state index is 11.6. The van der Waals surface area contributed by atoms with Crippen LogP contribution in [-0.4, -0.2) is 59.4 Å². The van der Waals surface area contributed by atoms with Crippen molar-refractivity contribution in [2.45, 2.75) is 44.6 Å². The van der Waals surface area contributed by atoms with E-state index in [9.17, 15) is 15.0 Å². The molecule has 0 bridgehead atoms. The van der Waals surface area contributed by atoms with Gasteiger partial charge in [0.1, 0.15) is 5.75 Å². The summed E-state index contributed by atoms with van der Waals surface area (Å²) in [6.07, 6.45) is 6.68. The summed E-state index contributed by atoms with van der Waals surface area (Å²) >= 11 is 0. The molecule has 1 aromatic heterocycles. The molecule has 2 heterocycles. The fourth-order valence-corrected chi connectivity index (χ4v) is 4.80. The zero-order valence-electron chi connectivity index (χ0n) is 20.4. The molecule has 0 aliphatic carbocycles. The van der Waals surface area contributed by atoms with Crippen LogP contribution >= 0.6 is 0 Å². The number of aromatic amines is 1. The summed E-state index contributed by atoms with van der Waals surface area (Å²) in [6, 6.07) is 14.8. The highest BCUT2D eigenvalue weighted by Gasteiger charge is 2.14. The van der Waals surface area contributed by atoms with Gasteiger partial charge in [-0.1, -0.05) is 24.6 Å². The first-order valence-corrected chi connectivity index (χ1v) is 12.9. The number of aromatic hydroxyl groups is 1. The van der Waals surface area contributed by atoms with Gasteiger partial charge in [-0.05, 0) is 93.7 Å². The molecule has 1 aliphatic heterocycles. The molecule has 4 rings (SSSR count). The minimum absolute atomic E-state index is 0.00278. The molecule has 0 spiro atoms. The number of nitrogens with zero attached hydrogens (tertiary/aromatic N) is 1. The van der Waals surface area contributed by atoms with E-state index >= 15 is 0 Å². The lowest BCUT2D eigenvalue weighted by molar-refractivity contribution is 0.176. The molecular weight excluding hydrogens is 440 g/mol. The van der Waals surface area contributed by atoms with E-state index in [1.54, 1.807) is 12.1 Å². The third kappa shape index (κ3) is 7.31. The lowest BCUT2D eigenvalue weighted by Gasteiger charge is -2.26. The van der Waals surface area contributed by atoms with Crippen LogP contribution in [0.1, 0.15) is 49.3 Å². The second-order valence-corrected chi connectivity index (χ2v) is 9.49. The predicted molar refractivity (Wildman–Crippen MR) is 142 cm³/mol. The second kappa shape index (κ2) is 12.7. The Morgan fingerprint density at radius 3 is 2.54 bits per heavy atom. The molecule has 7 heteroatoms. The Hall–Kier alpha value is -2.87. The smallest absolute Gasteiger partial charge is 0.248 e. The van der Waals surface area contributed by atoms with Crippen LogP contribution in [0.15, 0.2) is 53.3 Å². The number of rotatable bonds is 12. The van der Waals surface area contributed by atoms with E-state index in [2.05, 4.69) is 44.8 Å². The Morgan fingerprint density at radius 1 is 0.943 bits per heavy atom. The van der Waals surface area contributed by atoms with Crippen molar-refractivity contribution in [3.05, 3.63) is 70.0 Å². The number of pyridine rings is 1. The van der Waals surface area contributed by atoms with Crippen molar-refractivity contribution in [2.75, 3.05) is 44.6 Å². The third-order valence-corrected chi connectivity index (χ3v) is 6.83. The lowest BCUT2D eigenvalue weighted by atomic mass is 10.0. The van der Waals surface area contributed by atoms with E-state index in [0.29, 0.717) is 23.0 Å². The summed E-state index contributed by atoms with van der Waals surface area (Å²) in [4.78, 5) is 16.8. The van der Waals surface area contributed by atoms with E-state index in [0.717, 1.165) is 25.2 Å². The van der Waals surface area contributed by atoms with Gasteiger partial charge in [0.15, 0.2) is 0 Å². The second-order valence-electron chi connectivity index (χ2n) is 9.49. The van der Waals surface area contributed by atoms with Crippen molar-refractivity contribution in [1.29, 1.82) is 0 Å². The summed E-state index contributed by atoms with van der Waals surface area (Å²) in [6.45, 7) is 5.91. The quantitative estimate of drug-likeness (QED) is 0.254. The molecule has 0 unspecified atom stereocenters. The minimum Gasteiger partial charge on any atom is -0.506 e. The molecule has 0 radical (unpaired) electrons. The summed E-state index contributed by atoms with van der Waals surface area (Å²) in [5.41, 5.74) is 3.15. The van der Waals surface area contributed by atoms with Gasteiger partial charge in [0.2, 0.25) is 5.56 Å². The number of aromatic nitrogens is 1. The standard InChI is InChI=1S/C28H38N4O3/c33-25-12-10-23(24-11-13-27(35)31-28(24)25)26(34)20-29-16-14-21-6-8-22(9-7-21)30-15-2-5-19-32-17-3-1-4-18-32/h6-13,26,29-30,33-34H,1-5,14-20H2,(H,31,35)/t26-/m0/s1. The Labute approximate surface area is 207 Å². The number of phenols is 1. The highest BCUT2D eigenvalue weighted by Crippen LogP contribution is 2.28. The van der Waals surface area contributed by atoms with Gasteiger partial charge in [0, 0.05) is 30.2 Å². The molecule has 188 valence electrons. The molecule has 1 atom stereocenters. The molecule has 1 saturated heterocycles. The minimum atomic E-state index is -0.745. The first kappa shape index (κ1) is 25.2. The molecular formula is C28H38N4O3. The van der Waals surface area contributed by atoms with Crippen LogP contribution in [0.2, 0.25) is 0 Å². The Morgan fingerprint density at radius 2 is 1.74 bits per heavy atom. The van der Waals surface area contributed by atoms with E-state index in [-0.39, 0.29) is 11.3 Å². The number of benzene rings is 2. The van der Waals surface area contributed by atoms with Gasteiger partial charge < -0.3 is 30.7 Å². The highest BCUT2D eigenvalue weighted by atomic mass is 16.3. The number of unbranched alkanes of at least 4 members (excludes halogenated alkanes) is 1. The molecule has 1 fully saturated rings. The Kier molecular flexibility index (Phi) is 9.17. The van der Waals surface area contributed by atoms with Crippen molar-refractivity contribution in [1.82, 2.24) is 15.2 Å². The monoisotopic (exact) mass is 478 g/mol. The maximum Gasteiger partial charge on any atom is 0.248 e. The lowest BCUT2D eigenvalue weighted by Crippen LogP contribution is -2.30. The van der Waals surface area contributed by atoms with Crippen LogP contribution in [-0.2, 0) is 6.42 Å². The fraction of sp³-hybridized carbons (Fsp3) is 0.464. The van der Waals surface area contributed by atoms with Gasteiger partial charge in [-0.15, -0.1) is 0 Å². The van der Waals surface area contributed by atoms with Crippen LogP contribution < -0.4 is 16.2 Å². The van der Waals surface area contributed by atoms with E-state index in [1.165, 1.54) is 69.4 Å². The van der Waals surface area contributed by atoms with Crippen LogP contribution in [0.4, 0.5) is 5.69 Å². The van der Waals surface area contributed by atoms with Crippen molar-refractivity contribution < 1.29 is 10.2 Å². The third-order valence-electron chi connectivity index (χ3n) is 6.83. The Balaban J connectivity index is 1.15. The molecule has 0 saturated carbocycles. The van der Waals surface area contributed by atoms with Crippen LogP contribution in [0.5, 0.6) is 5.75 Å². The van der Waals surface area contributed by atoms with Crippen molar-refractivity contribution in [3.63, 3.8) is 0 Å². The topological polar surface area (TPSA) is 101 Å². The predicted octanol–water partition coefficient (Wildman–Crippen LogP) is 3.78. The number of H-pyrrole nitrogens is 1. The number of nitrogens with one attached hydrogen (secondary N) is 3. The number of hydrogen-bond donors (Lipinski definition) is 5. The average molecular weight is 479 g/mol. The van der Waals surface area contributed by atoms with Crippen molar-refractivity contribution in [2.24, 2.45) is 0 Å². The summed E-state index contributed by atoms with van der Waals surface area (Å²) in [7, 11) is 0. The van der Waals surface area contributed by atoms with Crippen LogP contribution in [0, 0.1) is 0 Å². The summed E-state index contributed by atoms with van der Waals surface area (Å²) < 4.78 is 0. The molecule has 5 N–H and O–H groups in total. The zero-order chi connectivity index (χ0) is 24.5. The largest absolute Gasteiger partial charge is 0.506 e. The number of hydrogen-bond acceptors (Lipinski definition) is 6. The van der Waals surface area contributed by atoms with Crippen LogP contribution in [0.25, 0.3) is 10.9 Å². The first-order chi connectivity index (χ1) is 17.1. The Bertz CT molecular complexity index is 1120. The molecule has 2 aromatic carbocycles. The average Bonchev–Trinajstić information content (AvgIpc) is 2.88. The summed E-state index contributed by atoms with van der Waals surface area (Å²) in [5.74, 6) is -0.00278. The zero-order valence-corrected chi connectivity index (χ0v) is 20.4. The first-order valence-electron chi connectivity index (χ1n) is 12.9.